The van der Waals surface area contributed by atoms with Gasteiger partial charge in [0.15, 0.2) is 5.65 Å². The molecule has 1 aromatic carbocycles. The van der Waals surface area contributed by atoms with E-state index < -0.39 is 0 Å². The van der Waals surface area contributed by atoms with Crippen LogP contribution < -0.4 is 0 Å². The van der Waals surface area contributed by atoms with Crippen LogP contribution in [-0.2, 0) is 13.0 Å². The zero-order chi connectivity index (χ0) is 14.8. The Hall–Kier alpha value is -1.87. The largest absolute Gasteiger partial charge is 0.307 e. The summed E-state index contributed by atoms with van der Waals surface area (Å²) in [4.78, 5) is 9.07. The van der Waals surface area contributed by atoms with Gasteiger partial charge in [-0.25, -0.2) is 9.97 Å². The molecular weight excluding hydrogens is 282 g/mol. The molecule has 0 aliphatic rings. The quantitative estimate of drug-likeness (QED) is 0.671. The second-order valence-corrected chi connectivity index (χ2v) is 5.84. The Morgan fingerprint density at radius 2 is 1.86 bits per heavy atom. The normalized spacial score (nSPS) is 12.7. The third-order valence-electron chi connectivity index (χ3n) is 3.66. The van der Waals surface area contributed by atoms with E-state index in [4.69, 9.17) is 11.6 Å². The van der Waals surface area contributed by atoms with Crippen LogP contribution in [0, 0.1) is 0 Å². The molecule has 0 saturated carbocycles. The summed E-state index contributed by atoms with van der Waals surface area (Å²) in [6.07, 6.45) is 2.85. The number of halogens is 1. The van der Waals surface area contributed by atoms with Crippen LogP contribution in [0.3, 0.4) is 0 Å². The average Bonchev–Trinajstić information content (AvgIpc) is 2.87. The minimum absolute atomic E-state index is 0.144. The Morgan fingerprint density at radius 3 is 2.52 bits per heavy atom. The van der Waals surface area contributed by atoms with Gasteiger partial charge in [0, 0.05) is 6.20 Å². The molecule has 2 heterocycles. The van der Waals surface area contributed by atoms with Gasteiger partial charge in [0.25, 0.3) is 0 Å². The SMILES string of the molecule is CCc1ccc(Cn2c(C(C)Cl)nc3cccnc32)cc1. The minimum atomic E-state index is -0.144. The maximum absolute atomic E-state index is 6.28. The number of rotatable bonds is 4. The van der Waals surface area contributed by atoms with Crippen molar-refractivity contribution in [2.24, 2.45) is 0 Å². The lowest BCUT2D eigenvalue weighted by Gasteiger charge is -2.10. The van der Waals surface area contributed by atoms with E-state index in [1.807, 2.05) is 19.1 Å². The highest BCUT2D eigenvalue weighted by atomic mass is 35.5. The first-order valence-electron chi connectivity index (χ1n) is 7.22. The molecule has 2 aromatic heterocycles. The van der Waals surface area contributed by atoms with Crippen molar-refractivity contribution in [3.63, 3.8) is 0 Å². The first kappa shape index (κ1) is 14.1. The summed E-state index contributed by atoms with van der Waals surface area (Å²) >= 11 is 6.28. The highest BCUT2D eigenvalue weighted by Gasteiger charge is 2.15. The number of fused-ring (bicyclic) bond motifs is 1. The van der Waals surface area contributed by atoms with Crippen molar-refractivity contribution in [1.82, 2.24) is 14.5 Å². The van der Waals surface area contributed by atoms with Crippen molar-refractivity contribution in [3.05, 3.63) is 59.5 Å². The summed E-state index contributed by atoms with van der Waals surface area (Å²) in [6, 6.07) is 12.5. The van der Waals surface area contributed by atoms with Crippen LogP contribution in [0.2, 0.25) is 0 Å². The molecule has 3 rings (SSSR count). The van der Waals surface area contributed by atoms with E-state index >= 15 is 0 Å². The third-order valence-corrected chi connectivity index (χ3v) is 3.86. The first-order chi connectivity index (χ1) is 10.2. The number of alkyl halides is 1. The number of imidazole rings is 1. The molecule has 4 heteroatoms. The van der Waals surface area contributed by atoms with Crippen molar-refractivity contribution >= 4 is 22.8 Å². The van der Waals surface area contributed by atoms with Crippen LogP contribution in [0.25, 0.3) is 11.2 Å². The van der Waals surface area contributed by atoms with Gasteiger partial charge in [0.05, 0.1) is 11.9 Å². The molecule has 3 aromatic rings. The van der Waals surface area contributed by atoms with Gasteiger partial charge in [-0.15, -0.1) is 11.6 Å². The molecule has 3 nitrogen and oxygen atoms in total. The van der Waals surface area contributed by atoms with E-state index in [-0.39, 0.29) is 5.38 Å². The molecular formula is C17H18ClN3. The lowest BCUT2D eigenvalue weighted by atomic mass is 10.1. The standard InChI is InChI=1S/C17H18ClN3/c1-3-13-6-8-14(9-7-13)11-21-16(12(2)18)20-15-5-4-10-19-17(15)21/h4-10,12H,3,11H2,1-2H3. The van der Waals surface area contributed by atoms with Crippen molar-refractivity contribution in [2.75, 3.05) is 0 Å². The molecule has 0 bridgehead atoms. The van der Waals surface area contributed by atoms with Crippen molar-refractivity contribution in [2.45, 2.75) is 32.2 Å². The summed E-state index contributed by atoms with van der Waals surface area (Å²) in [6.45, 7) is 4.85. The molecule has 21 heavy (non-hydrogen) atoms. The van der Waals surface area contributed by atoms with Crippen LogP contribution in [-0.4, -0.2) is 14.5 Å². The van der Waals surface area contributed by atoms with Crippen LogP contribution in [0.15, 0.2) is 42.6 Å². The second kappa shape index (κ2) is 5.86. The fourth-order valence-electron chi connectivity index (χ4n) is 2.50. The summed E-state index contributed by atoms with van der Waals surface area (Å²) in [5.41, 5.74) is 4.36. The van der Waals surface area contributed by atoms with Crippen molar-refractivity contribution in [1.29, 1.82) is 0 Å². The number of aryl methyl sites for hydroxylation is 1. The number of nitrogens with zero attached hydrogens (tertiary/aromatic N) is 3. The van der Waals surface area contributed by atoms with Gasteiger partial charge >= 0.3 is 0 Å². The lowest BCUT2D eigenvalue weighted by molar-refractivity contribution is 0.736. The van der Waals surface area contributed by atoms with Gasteiger partial charge in [-0.3, -0.25) is 0 Å². The Labute approximate surface area is 129 Å². The van der Waals surface area contributed by atoms with E-state index in [9.17, 15) is 0 Å². The zero-order valence-electron chi connectivity index (χ0n) is 12.3. The maximum Gasteiger partial charge on any atom is 0.160 e. The molecule has 0 N–H and O–H groups in total. The molecule has 0 aliphatic heterocycles. The molecule has 0 spiro atoms. The van der Waals surface area contributed by atoms with Crippen LogP contribution >= 0.6 is 11.6 Å². The number of hydrogen-bond acceptors (Lipinski definition) is 2. The topological polar surface area (TPSA) is 30.7 Å². The lowest BCUT2D eigenvalue weighted by Crippen LogP contribution is -2.06. The Morgan fingerprint density at radius 1 is 1.14 bits per heavy atom. The molecule has 0 saturated heterocycles. The zero-order valence-corrected chi connectivity index (χ0v) is 13.0. The third kappa shape index (κ3) is 2.79. The monoisotopic (exact) mass is 299 g/mol. The van der Waals surface area contributed by atoms with Gasteiger partial charge in [-0.1, -0.05) is 31.2 Å². The average molecular weight is 300 g/mol. The number of pyridine rings is 1. The van der Waals surface area contributed by atoms with Gasteiger partial charge in [-0.05, 0) is 36.6 Å². The number of hydrogen-bond donors (Lipinski definition) is 0. The van der Waals surface area contributed by atoms with Crippen LogP contribution in [0.5, 0.6) is 0 Å². The van der Waals surface area contributed by atoms with Gasteiger partial charge < -0.3 is 4.57 Å². The van der Waals surface area contributed by atoms with E-state index in [2.05, 4.69) is 45.7 Å². The minimum Gasteiger partial charge on any atom is -0.307 e. The van der Waals surface area contributed by atoms with E-state index in [1.54, 1.807) is 6.20 Å². The molecule has 1 atom stereocenters. The summed E-state index contributed by atoms with van der Waals surface area (Å²) in [7, 11) is 0. The maximum atomic E-state index is 6.28. The molecule has 0 radical (unpaired) electrons. The second-order valence-electron chi connectivity index (χ2n) is 5.19. The predicted octanol–water partition coefficient (Wildman–Crippen LogP) is 4.34. The van der Waals surface area contributed by atoms with E-state index in [0.717, 1.165) is 30.0 Å². The van der Waals surface area contributed by atoms with Crippen molar-refractivity contribution < 1.29 is 0 Å². The Bertz CT molecular complexity index is 744. The number of benzene rings is 1. The summed E-state index contributed by atoms with van der Waals surface area (Å²) < 4.78 is 2.11. The first-order valence-corrected chi connectivity index (χ1v) is 7.65. The molecule has 0 amide bonds. The highest BCUT2D eigenvalue weighted by Crippen LogP contribution is 2.24. The van der Waals surface area contributed by atoms with Crippen molar-refractivity contribution in [3.8, 4) is 0 Å². The number of aromatic nitrogens is 3. The molecule has 0 fully saturated rings. The van der Waals surface area contributed by atoms with Gasteiger partial charge in [0.1, 0.15) is 11.3 Å². The smallest absolute Gasteiger partial charge is 0.160 e. The van der Waals surface area contributed by atoms with Gasteiger partial charge in [0.2, 0.25) is 0 Å². The summed E-state index contributed by atoms with van der Waals surface area (Å²) in [5, 5.41) is -0.144. The molecule has 0 aliphatic carbocycles. The van der Waals surface area contributed by atoms with Crippen LogP contribution in [0.1, 0.15) is 36.2 Å². The Kier molecular flexibility index (Phi) is 3.93. The van der Waals surface area contributed by atoms with E-state index in [1.165, 1.54) is 11.1 Å². The fourth-order valence-corrected chi connectivity index (χ4v) is 2.67. The molecule has 108 valence electrons. The molecule has 1 unspecified atom stereocenters. The Balaban J connectivity index is 2.03. The fraction of sp³-hybridized carbons (Fsp3) is 0.294. The van der Waals surface area contributed by atoms with Crippen LogP contribution in [0.4, 0.5) is 0 Å². The highest BCUT2D eigenvalue weighted by molar-refractivity contribution is 6.20. The summed E-state index contributed by atoms with van der Waals surface area (Å²) in [5.74, 6) is 0.866. The van der Waals surface area contributed by atoms with E-state index in [0.29, 0.717) is 0 Å². The van der Waals surface area contributed by atoms with Gasteiger partial charge in [-0.2, -0.15) is 0 Å². The predicted molar refractivity (Wildman–Crippen MR) is 86.7 cm³/mol.